The number of pyridine rings is 1. The molecule has 1 aliphatic heterocycles. The van der Waals surface area contributed by atoms with Crippen molar-refractivity contribution in [2.24, 2.45) is 5.92 Å². The first-order chi connectivity index (χ1) is 11.1. The van der Waals surface area contributed by atoms with Crippen LogP contribution in [0.4, 0.5) is 0 Å². The summed E-state index contributed by atoms with van der Waals surface area (Å²) in [6.07, 6.45) is 5.11. The van der Waals surface area contributed by atoms with Crippen LogP contribution in [0.5, 0.6) is 0 Å². The molecule has 0 bridgehead atoms. The SMILES string of the molecule is CCCC(C)NC(=O)C1CCCN(CC(O)c2ccccn2)C1. The summed E-state index contributed by atoms with van der Waals surface area (Å²) in [4.78, 5) is 18.8. The molecule has 3 atom stereocenters. The molecule has 1 saturated heterocycles. The Bertz CT molecular complexity index is 480. The Morgan fingerprint density at radius 2 is 2.35 bits per heavy atom. The number of nitrogens with zero attached hydrogens (tertiary/aromatic N) is 2. The van der Waals surface area contributed by atoms with E-state index in [4.69, 9.17) is 0 Å². The second-order valence-electron chi connectivity index (χ2n) is 6.57. The Hall–Kier alpha value is -1.46. The largest absolute Gasteiger partial charge is 0.385 e. The number of β-amino-alcohol motifs (C(OH)–C–C–N with tert-alkyl or cyclic N) is 1. The summed E-state index contributed by atoms with van der Waals surface area (Å²) in [5, 5.41) is 13.4. The molecule has 2 rings (SSSR count). The summed E-state index contributed by atoms with van der Waals surface area (Å²) in [5.41, 5.74) is 0.690. The number of carbonyl (C=O) groups is 1. The van der Waals surface area contributed by atoms with Gasteiger partial charge in [-0.25, -0.2) is 0 Å². The van der Waals surface area contributed by atoms with Crippen LogP contribution in [-0.4, -0.2) is 46.6 Å². The monoisotopic (exact) mass is 319 g/mol. The molecule has 5 nitrogen and oxygen atoms in total. The van der Waals surface area contributed by atoms with Crippen LogP contribution in [0.15, 0.2) is 24.4 Å². The van der Waals surface area contributed by atoms with Crippen molar-refractivity contribution >= 4 is 5.91 Å². The van der Waals surface area contributed by atoms with Crippen LogP contribution in [0.3, 0.4) is 0 Å². The van der Waals surface area contributed by atoms with Gasteiger partial charge in [0.2, 0.25) is 5.91 Å². The number of hydrogen-bond donors (Lipinski definition) is 2. The van der Waals surface area contributed by atoms with Gasteiger partial charge in [-0.15, -0.1) is 0 Å². The van der Waals surface area contributed by atoms with E-state index in [-0.39, 0.29) is 17.9 Å². The fourth-order valence-electron chi connectivity index (χ4n) is 3.21. The summed E-state index contributed by atoms with van der Waals surface area (Å²) in [6, 6.07) is 5.80. The number of hydrogen-bond acceptors (Lipinski definition) is 4. The highest BCUT2D eigenvalue weighted by Crippen LogP contribution is 2.20. The van der Waals surface area contributed by atoms with Gasteiger partial charge in [0.25, 0.3) is 0 Å². The highest BCUT2D eigenvalue weighted by atomic mass is 16.3. The number of likely N-dealkylation sites (tertiary alicyclic amines) is 1. The molecule has 0 spiro atoms. The Labute approximate surface area is 139 Å². The maximum absolute atomic E-state index is 12.4. The molecule has 3 unspecified atom stereocenters. The van der Waals surface area contributed by atoms with Crippen molar-refractivity contribution in [3.8, 4) is 0 Å². The van der Waals surface area contributed by atoms with Crippen LogP contribution < -0.4 is 5.32 Å². The highest BCUT2D eigenvalue weighted by molar-refractivity contribution is 5.79. The van der Waals surface area contributed by atoms with Gasteiger partial charge in [-0.2, -0.15) is 0 Å². The minimum absolute atomic E-state index is 0.0268. The van der Waals surface area contributed by atoms with E-state index in [1.807, 2.05) is 18.2 Å². The van der Waals surface area contributed by atoms with Gasteiger partial charge in [0, 0.05) is 25.3 Å². The van der Waals surface area contributed by atoms with Gasteiger partial charge >= 0.3 is 0 Å². The van der Waals surface area contributed by atoms with Crippen molar-refractivity contribution in [2.45, 2.75) is 51.7 Å². The third kappa shape index (κ3) is 5.59. The lowest BCUT2D eigenvalue weighted by Gasteiger charge is -2.33. The van der Waals surface area contributed by atoms with Crippen molar-refractivity contribution in [1.29, 1.82) is 0 Å². The fraction of sp³-hybridized carbons (Fsp3) is 0.667. The molecule has 0 radical (unpaired) electrons. The van der Waals surface area contributed by atoms with E-state index in [0.29, 0.717) is 18.8 Å². The first-order valence-corrected chi connectivity index (χ1v) is 8.71. The predicted molar refractivity (Wildman–Crippen MR) is 90.9 cm³/mol. The predicted octanol–water partition coefficient (Wildman–Crippen LogP) is 2.13. The molecule has 1 aromatic heterocycles. The number of aromatic nitrogens is 1. The van der Waals surface area contributed by atoms with Crippen molar-refractivity contribution in [3.63, 3.8) is 0 Å². The zero-order valence-electron chi connectivity index (χ0n) is 14.2. The van der Waals surface area contributed by atoms with Gasteiger partial charge in [0.05, 0.1) is 11.6 Å². The summed E-state index contributed by atoms with van der Waals surface area (Å²) in [6.45, 7) is 6.37. The third-order valence-electron chi connectivity index (χ3n) is 4.45. The molecular weight excluding hydrogens is 290 g/mol. The molecule has 1 aromatic rings. The molecule has 1 amide bonds. The standard InChI is InChI=1S/C18H29N3O2/c1-3-7-14(2)20-18(23)15-8-6-11-21(12-15)13-17(22)16-9-4-5-10-19-16/h4-5,9-10,14-15,17,22H,3,6-8,11-13H2,1-2H3,(H,20,23). The molecular formula is C18H29N3O2. The molecule has 5 heteroatoms. The van der Waals surface area contributed by atoms with Crippen LogP contribution in [0.1, 0.15) is 51.3 Å². The zero-order chi connectivity index (χ0) is 16.7. The zero-order valence-corrected chi connectivity index (χ0v) is 14.2. The normalized spacial score (nSPS) is 21.6. The molecule has 2 heterocycles. The lowest BCUT2D eigenvalue weighted by atomic mass is 9.96. The smallest absolute Gasteiger partial charge is 0.224 e. The van der Waals surface area contributed by atoms with Crippen LogP contribution in [0.25, 0.3) is 0 Å². The molecule has 0 saturated carbocycles. The summed E-state index contributed by atoms with van der Waals surface area (Å²) < 4.78 is 0. The number of aliphatic hydroxyl groups excluding tert-OH is 1. The first-order valence-electron chi connectivity index (χ1n) is 8.71. The van der Waals surface area contributed by atoms with Crippen LogP contribution in [0, 0.1) is 5.92 Å². The van der Waals surface area contributed by atoms with E-state index in [1.165, 1.54) is 0 Å². The maximum atomic E-state index is 12.4. The number of piperidine rings is 1. The average Bonchev–Trinajstić information content (AvgIpc) is 2.56. The molecule has 1 fully saturated rings. The number of rotatable bonds is 7. The summed E-state index contributed by atoms with van der Waals surface area (Å²) in [7, 11) is 0. The van der Waals surface area contributed by atoms with Crippen molar-refractivity contribution in [1.82, 2.24) is 15.2 Å². The second kappa shape index (κ2) is 8.99. The van der Waals surface area contributed by atoms with Crippen LogP contribution in [-0.2, 0) is 4.79 Å². The van der Waals surface area contributed by atoms with E-state index < -0.39 is 6.10 Å². The Morgan fingerprint density at radius 3 is 3.04 bits per heavy atom. The molecule has 128 valence electrons. The van der Waals surface area contributed by atoms with Crippen LogP contribution in [0.2, 0.25) is 0 Å². The van der Waals surface area contributed by atoms with Gasteiger partial charge in [-0.05, 0) is 44.9 Å². The summed E-state index contributed by atoms with van der Waals surface area (Å²) >= 11 is 0. The van der Waals surface area contributed by atoms with Gasteiger partial charge in [-0.3, -0.25) is 14.7 Å². The number of carbonyl (C=O) groups excluding carboxylic acids is 1. The third-order valence-corrected chi connectivity index (χ3v) is 4.45. The van der Waals surface area contributed by atoms with Gasteiger partial charge < -0.3 is 10.4 Å². The maximum Gasteiger partial charge on any atom is 0.224 e. The quantitative estimate of drug-likeness (QED) is 0.808. The molecule has 0 aliphatic carbocycles. The van der Waals surface area contributed by atoms with Crippen molar-refractivity contribution in [3.05, 3.63) is 30.1 Å². The average molecular weight is 319 g/mol. The van der Waals surface area contributed by atoms with Crippen molar-refractivity contribution < 1.29 is 9.90 Å². The van der Waals surface area contributed by atoms with Gasteiger partial charge in [0.1, 0.15) is 6.10 Å². The molecule has 23 heavy (non-hydrogen) atoms. The minimum atomic E-state index is -0.600. The molecule has 2 N–H and O–H groups in total. The van der Waals surface area contributed by atoms with Gasteiger partial charge in [0.15, 0.2) is 0 Å². The Balaban J connectivity index is 1.84. The van der Waals surface area contributed by atoms with E-state index in [2.05, 4.69) is 29.0 Å². The van der Waals surface area contributed by atoms with Crippen molar-refractivity contribution in [2.75, 3.05) is 19.6 Å². The Morgan fingerprint density at radius 1 is 1.52 bits per heavy atom. The molecule has 0 aromatic carbocycles. The summed E-state index contributed by atoms with van der Waals surface area (Å²) in [5.74, 6) is 0.182. The van der Waals surface area contributed by atoms with E-state index in [1.54, 1.807) is 6.20 Å². The lowest BCUT2D eigenvalue weighted by Crippen LogP contribution is -2.46. The Kier molecular flexibility index (Phi) is 6.99. The topological polar surface area (TPSA) is 65.5 Å². The molecule has 1 aliphatic rings. The van der Waals surface area contributed by atoms with E-state index >= 15 is 0 Å². The van der Waals surface area contributed by atoms with E-state index in [0.717, 1.165) is 32.2 Å². The number of nitrogens with one attached hydrogen (secondary N) is 1. The number of amides is 1. The minimum Gasteiger partial charge on any atom is -0.385 e. The highest BCUT2D eigenvalue weighted by Gasteiger charge is 2.27. The van der Waals surface area contributed by atoms with Crippen LogP contribution >= 0.6 is 0 Å². The fourth-order valence-corrected chi connectivity index (χ4v) is 3.21. The van der Waals surface area contributed by atoms with Gasteiger partial charge in [-0.1, -0.05) is 19.4 Å². The van der Waals surface area contributed by atoms with E-state index in [9.17, 15) is 9.90 Å². The lowest BCUT2D eigenvalue weighted by molar-refractivity contribution is -0.127. The number of aliphatic hydroxyl groups is 1. The second-order valence-corrected chi connectivity index (χ2v) is 6.57. The first kappa shape index (κ1) is 17.9.